The first kappa shape index (κ1) is 22.1. The average molecular weight is 429 g/mol. The van der Waals surface area contributed by atoms with Crippen molar-refractivity contribution in [2.45, 2.75) is 44.9 Å². The average Bonchev–Trinajstić information content (AvgIpc) is 3.08. The van der Waals surface area contributed by atoms with Crippen molar-refractivity contribution in [3.8, 4) is 0 Å². The van der Waals surface area contributed by atoms with Crippen LogP contribution in [0.2, 0.25) is 0 Å². The van der Waals surface area contributed by atoms with Gasteiger partial charge >= 0.3 is 0 Å². The Morgan fingerprint density at radius 1 is 1.10 bits per heavy atom. The van der Waals surface area contributed by atoms with Crippen molar-refractivity contribution >= 4 is 32.6 Å². The minimum absolute atomic E-state index is 0.176. The summed E-state index contributed by atoms with van der Waals surface area (Å²) in [5, 5.41) is 3.76. The number of carbonyl (C=O) groups excluding carboxylic acids is 1. The maximum atomic E-state index is 12.6. The van der Waals surface area contributed by atoms with Crippen molar-refractivity contribution in [1.29, 1.82) is 0 Å². The highest BCUT2D eigenvalue weighted by Crippen LogP contribution is 2.25. The summed E-state index contributed by atoms with van der Waals surface area (Å²) < 4.78 is 32.1. The lowest BCUT2D eigenvalue weighted by Gasteiger charge is -2.17. The Morgan fingerprint density at radius 3 is 2.43 bits per heavy atom. The van der Waals surface area contributed by atoms with Crippen LogP contribution in [-0.2, 0) is 21.2 Å². The third-order valence-corrected chi connectivity index (χ3v) is 7.16. The third-order valence-electron chi connectivity index (χ3n) is 5.29. The number of hydrogen-bond acceptors (Lipinski definition) is 4. The van der Waals surface area contributed by atoms with E-state index in [1.54, 1.807) is 25.4 Å². The number of carbonyl (C=O) groups is 1. The molecule has 3 rings (SSSR count). The molecule has 7 heteroatoms. The Bertz CT molecular complexity index is 1150. The van der Waals surface area contributed by atoms with Crippen LogP contribution in [0.15, 0.2) is 52.0 Å². The number of aryl methyl sites for hydroxylation is 2. The fourth-order valence-electron chi connectivity index (χ4n) is 3.24. The fraction of sp³-hybridized carbons (Fsp3) is 0.348. The van der Waals surface area contributed by atoms with Crippen LogP contribution >= 0.6 is 0 Å². The summed E-state index contributed by atoms with van der Waals surface area (Å²) in [6.07, 6.45) is 3.53. The molecular weight excluding hydrogens is 400 g/mol. The molecule has 0 spiro atoms. The molecule has 0 fully saturated rings. The molecule has 0 radical (unpaired) electrons. The van der Waals surface area contributed by atoms with Gasteiger partial charge in [-0.05, 0) is 67.8 Å². The molecular formula is C23H28N2O4S. The smallest absolute Gasteiger partial charge is 0.242 e. The minimum Gasteiger partial charge on any atom is -0.464 e. The molecule has 1 heterocycles. The van der Waals surface area contributed by atoms with E-state index < -0.39 is 10.0 Å². The Balaban J connectivity index is 1.69. The standard InChI is InChI=1S/C23H28N2O4S/c1-5-6-11-25(4)30(27,28)20-9-7-19(8-10-20)24-23(26)14-18-15-29-22-13-17(3)16(2)12-21(18)22/h7-10,12-13,15H,5-6,11,14H2,1-4H3,(H,24,26). The van der Waals surface area contributed by atoms with E-state index in [1.165, 1.54) is 16.4 Å². The molecule has 0 bridgehead atoms. The molecule has 0 aliphatic rings. The van der Waals surface area contributed by atoms with E-state index in [0.717, 1.165) is 40.5 Å². The Hall–Kier alpha value is -2.64. The van der Waals surface area contributed by atoms with Gasteiger partial charge in [-0.25, -0.2) is 12.7 Å². The van der Waals surface area contributed by atoms with Crippen molar-refractivity contribution in [2.75, 3.05) is 18.9 Å². The van der Waals surface area contributed by atoms with Crippen molar-refractivity contribution in [3.63, 3.8) is 0 Å². The quantitative estimate of drug-likeness (QED) is 0.566. The third kappa shape index (κ3) is 4.74. The minimum atomic E-state index is -3.52. The number of benzene rings is 2. The van der Waals surface area contributed by atoms with Gasteiger partial charge in [-0.1, -0.05) is 13.3 Å². The van der Waals surface area contributed by atoms with Gasteiger partial charge in [0.2, 0.25) is 15.9 Å². The molecule has 6 nitrogen and oxygen atoms in total. The highest BCUT2D eigenvalue weighted by atomic mass is 32.2. The fourth-order valence-corrected chi connectivity index (χ4v) is 4.45. The zero-order valence-corrected chi connectivity index (χ0v) is 18.7. The van der Waals surface area contributed by atoms with Gasteiger partial charge in [-0.3, -0.25) is 4.79 Å². The summed E-state index contributed by atoms with van der Waals surface area (Å²) in [6.45, 7) is 6.55. The lowest BCUT2D eigenvalue weighted by Crippen LogP contribution is -2.27. The number of sulfonamides is 1. The van der Waals surface area contributed by atoms with E-state index in [4.69, 9.17) is 4.42 Å². The van der Waals surface area contributed by atoms with Gasteiger partial charge in [0.15, 0.2) is 0 Å². The normalized spacial score (nSPS) is 11.9. The molecule has 0 saturated heterocycles. The molecule has 160 valence electrons. The molecule has 3 aromatic rings. The molecule has 0 aliphatic heterocycles. The lowest BCUT2D eigenvalue weighted by molar-refractivity contribution is -0.115. The first-order valence-electron chi connectivity index (χ1n) is 10.1. The SMILES string of the molecule is CCCCN(C)S(=O)(=O)c1ccc(NC(=O)Cc2coc3cc(C)c(C)cc23)cc1. The van der Waals surface area contributed by atoms with Crippen molar-refractivity contribution in [2.24, 2.45) is 0 Å². The second-order valence-electron chi connectivity index (χ2n) is 7.62. The molecule has 0 aliphatic carbocycles. The molecule has 0 saturated carbocycles. The molecule has 0 unspecified atom stereocenters. The summed E-state index contributed by atoms with van der Waals surface area (Å²) in [6, 6.07) is 10.3. The predicted octanol–water partition coefficient (Wildman–Crippen LogP) is 4.65. The van der Waals surface area contributed by atoms with Crippen LogP contribution in [0, 0.1) is 13.8 Å². The number of anilines is 1. The number of fused-ring (bicyclic) bond motifs is 1. The van der Waals surface area contributed by atoms with Crippen LogP contribution in [0.5, 0.6) is 0 Å². The van der Waals surface area contributed by atoms with Gasteiger partial charge < -0.3 is 9.73 Å². The van der Waals surface area contributed by atoms with Gasteiger partial charge in [-0.2, -0.15) is 0 Å². The zero-order valence-electron chi connectivity index (χ0n) is 17.9. The number of furan rings is 1. The maximum Gasteiger partial charge on any atom is 0.242 e. The number of amides is 1. The van der Waals surface area contributed by atoms with E-state index in [2.05, 4.69) is 5.32 Å². The van der Waals surface area contributed by atoms with E-state index in [0.29, 0.717) is 12.2 Å². The van der Waals surface area contributed by atoms with E-state index in [1.807, 2.05) is 32.9 Å². The molecule has 2 aromatic carbocycles. The molecule has 1 N–H and O–H groups in total. The first-order chi connectivity index (χ1) is 14.2. The number of nitrogens with one attached hydrogen (secondary N) is 1. The lowest BCUT2D eigenvalue weighted by atomic mass is 10.0. The Kier molecular flexibility index (Phi) is 6.63. The van der Waals surface area contributed by atoms with Crippen LogP contribution in [-0.4, -0.2) is 32.2 Å². The summed E-state index contributed by atoms with van der Waals surface area (Å²) in [4.78, 5) is 12.7. The van der Waals surface area contributed by atoms with E-state index >= 15 is 0 Å². The summed E-state index contributed by atoms with van der Waals surface area (Å²) in [5.74, 6) is -0.188. The summed E-state index contributed by atoms with van der Waals surface area (Å²) in [5.41, 5.74) is 4.43. The van der Waals surface area contributed by atoms with Crippen LogP contribution in [0.25, 0.3) is 11.0 Å². The topological polar surface area (TPSA) is 79.6 Å². The van der Waals surface area contributed by atoms with Gasteiger partial charge in [0, 0.05) is 30.2 Å². The van der Waals surface area contributed by atoms with E-state index in [-0.39, 0.29) is 17.2 Å². The molecule has 0 atom stereocenters. The molecule has 1 aromatic heterocycles. The van der Waals surface area contributed by atoms with Crippen LogP contribution in [0.1, 0.15) is 36.5 Å². The predicted molar refractivity (Wildman–Crippen MR) is 119 cm³/mol. The second-order valence-corrected chi connectivity index (χ2v) is 9.67. The van der Waals surface area contributed by atoms with Crippen molar-refractivity contribution in [1.82, 2.24) is 4.31 Å². The van der Waals surface area contributed by atoms with Crippen molar-refractivity contribution in [3.05, 3.63) is 59.4 Å². The number of hydrogen-bond donors (Lipinski definition) is 1. The van der Waals surface area contributed by atoms with Crippen LogP contribution in [0.3, 0.4) is 0 Å². The highest BCUT2D eigenvalue weighted by Gasteiger charge is 2.20. The van der Waals surface area contributed by atoms with Gasteiger partial charge in [-0.15, -0.1) is 0 Å². The largest absolute Gasteiger partial charge is 0.464 e. The second kappa shape index (κ2) is 9.02. The van der Waals surface area contributed by atoms with Crippen LogP contribution < -0.4 is 5.32 Å². The Labute approximate surface area is 177 Å². The summed E-state index contributed by atoms with van der Waals surface area (Å²) in [7, 11) is -1.94. The van der Waals surface area contributed by atoms with Gasteiger partial charge in [0.1, 0.15) is 5.58 Å². The molecule has 30 heavy (non-hydrogen) atoms. The number of rotatable bonds is 8. The number of nitrogens with zero attached hydrogens (tertiary/aromatic N) is 1. The zero-order chi connectivity index (χ0) is 21.9. The first-order valence-corrected chi connectivity index (χ1v) is 11.5. The Morgan fingerprint density at radius 2 is 1.77 bits per heavy atom. The summed E-state index contributed by atoms with van der Waals surface area (Å²) >= 11 is 0. The van der Waals surface area contributed by atoms with Gasteiger partial charge in [0.05, 0.1) is 17.6 Å². The van der Waals surface area contributed by atoms with E-state index in [9.17, 15) is 13.2 Å². The van der Waals surface area contributed by atoms with Gasteiger partial charge in [0.25, 0.3) is 0 Å². The maximum absolute atomic E-state index is 12.6. The highest BCUT2D eigenvalue weighted by molar-refractivity contribution is 7.89. The molecule has 1 amide bonds. The van der Waals surface area contributed by atoms with Crippen molar-refractivity contribution < 1.29 is 17.6 Å². The monoisotopic (exact) mass is 428 g/mol. The number of unbranched alkanes of at least 4 members (excludes halogenated alkanes) is 1. The van der Waals surface area contributed by atoms with Crippen LogP contribution in [0.4, 0.5) is 5.69 Å².